The number of aliphatic carboxylic acids is 1. The summed E-state index contributed by atoms with van der Waals surface area (Å²) >= 11 is 0. The van der Waals surface area contributed by atoms with E-state index in [1.165, 1.54) is 12.5 Å². The number of hydrogen-bond donors (Lipinski definition) is 3. The van der Waals surface area contributed by atoms with Gasteiger partial charge in [0.2, 0.25) is 5.91 Å². The highest BCUT2D eigenvalue weighted by Gasteiger charge is 2.39. The molecule has 0 heterocycles. The van der Waals surface area contributed by atoms with E-state index < -0.39 is 23.7 Å². The number of carbonyl (C=O) groups is 3. The Morgan fingerprint density at radius 3 is 2.41 bits per heavy atom. The topological polar surface area (TPSA) is 107 Å². The average molecular weight is 244 g/mol. The van der Waals surface area contributed by atoms with Crippen LogP contribution in [0.25, 0.3) is 0 Å². The van der Waals surface area contributed by atoms with Gasteiger partial charge in [0.25, 0.3) is 5.91 Å². The lowest BCUT2D eigenvalue weighted by Crippen LogP contribution is -2.42. The molecule has 0 spiro atoms. The smallest absolute Gasteiger partial charge is 0.307 e. The summed E-state index contributed by atoms with van der Waals surface area (Å²) in [4.78, 5) is 34.9. The van der Waals surface area contributed by atoms with Crippen LogP contribution < -0.4 is 5.48 Å². The van der Waals surface area contributed by atoms with E-state index >= 15 is 0 Å². The SMILES string of the molecule is CN(CC(=O)NO)C(=O)[C@@H]1CCC[C@H]1C(=O)O. The van der Waals surface area contributed by atoms with Gasteiger partial charge in [0.1, 0.15) is 6.54 Å². The number of nitrogens with zero attached hydrogens (tertiary/aromatic N) is 1. The summed E-state index contributed by atoms with van der Waals surface area (Å²) in [7, 11) is 1.41. The van der Waals surface area contributed by atoms with E-state index in [0.717, 1.165) is 4.90 Å². The third-order valence-electron chi connectivity index (χ3n) is 3.03. The van der Waals surface area contributed by atoms with E-state index in [2.05, 4.69) is 0 Å². The number of carboxylic acid groups (broad SMARTS) is 1. The van der Waals surface area contributed by atoms with Gasteiger partial charge in [-0.15, -0.1) is 0 Å². The molecule has 0 saturated heterocycles. The van der Waals surface area contributed by atoms with E-state index in [0.29, 0.717) is 19.3 Å². The molecule has 2 amide bonds. The maximum atomic E-state index is 11.9. The van der Waals surface area contributed by atoms with Crippen LogP contribution in [0, 0.1) is 11.8 Å². The Morgan fingerprint density at radius 1 is 1.29 bits per heavy atom. The Kier molecular flexibility index (Phi) is 4.45. The van der Waals surface area contributed by atoms with Crippen LogP contribution in [0.5, 0.6) is 0 Å². The zero-order valence-electron chi connectivity index (χ0n) is 9.55. The molecule has 96 valence electrons. The van der Waals surface area contributed by atoms with Gasteiger partial charge in [-0.2, -0.15) is 0 Å². The van der Waals surface area contributed by atoms with Crippen LogP contribution in [0.3, 0.4) is 0 Å². The largest absolute Gasteiger partial charge is 0.481 e. The summed E-state index contributed by atoms with van der Waals surface area (Å²) in [5.74, 6) is -3.27. The van der Waals surface area contributed by atoms with Gasteiger partial charge in [-0.3, -0.25) is 19.6 Å². The Balaban J connectivity index is 2.62. The minimum absolute atomic E-state index is 0.280. The zero-order chi connectivity index (χ0) is 13.0. The van der Waals surface area contributed by atoms with Gasteiger partial charge in [0, 0.05) is 7.05 Å². The molecule has 1 fully saturated rings. The van der Waals surface area contributed by atoms with E-state index in [4.69, 9.17) is 10.3 Å². The number of amides is 2. The molecule has 0 aliphatic heterocycles. The highest BCUT2D eigenvalue weighted by Crippen LogP contribution is 2.33. The molecule has 2 atom stereocenters. The van der Waals surface area contributed by atoms with Crippen molar-refractivity contribution in [3.8, 4) is 0 Å². The minimum atomic E-state index is -0.971. The van der Waals surface area contributed by atoms with Crippen molar-refractivity contribution in [3.05, 3.63) is 0 Å². The van der Waals surface area contributed by atoms with Crippen LogP contribution in [0.15, 0.2) is 0 Å². The van der Waals surface area contributed by atoms with Crippen LogP contribution in [-0.4, -0.2) is 46.6 Å². The van der Waals surface area contributed by atoms with Crippen molar-refractivity contribution >= 4 is 17.8 Å². The van der Waals surface area contributed by atoms with Gasteiger partial charge < -0.3 is 10.0 Å². The average Bonchev–Trinajstić information content (AvgIpc) is 2.76. The van der Waals surface area contributed by atoms with E-state index in [9.17, 15) is 14.4 Å². The number of carbonyl (C=O) groups excluding carboxylic acids is 2. The molecular formula is C10H16N2O5. The van der Waals surface area contributed by atoms with Crippen molar-refractivity contribution in [2.24, 2.45) is 11.8 Å². The molecule has 7 heteroatoms. The number of carboxylic acids is 1. The number of likely N-dealkylation sites (N-methyl/N-ethyl adjacent to an activating group) is 1. The molecule has 0 aromatic rings. The normalized spacial score (nSPS) is 23.2. The molecule has 1 rings (SSSR count). The van der Waals surface area contributed by atoms with Crippen molar-refractivity contribution in [1.82, 2.24) is 10.4 Å². The molecule has 0 aromatic carbocycles. The quantitative estimate of drug-likeness (QED) is 0.454. The predicted octanol–water partition coefficient (Wildman–Crippen LogP) is -0.549. The number of hydroxylamine groups is 1. The molecular weight excluding hydrogens is 228 g/mol. The van der Waals surface area contributed by atoms with Gasteiger partial charge in [-0.05, 0) is 12.8 Å². The van der Waals surface area contributed by atoms with Crippen LogP contribution >= 0.6 is 0 Å². The molecule has 17 heavy (non-hydrogen) atoms. The number of rotatable bonds is 4. The van der Waals surface area contributed by atoms with Crippen LogP contribution in [0.4, 0.5) is 0 Å². The van der Waals surface area contributed by atoms with E-state index in [-0.39, 0.29) is 12.5 Å². The lowest BCUT2D eigenvalue weighted by atomic mass is 9.95. The Labute approximate surface area is 98.4 Å². The van der Waals surface area contributed by atoms with Gasteiger partial charge in [-0.25, -0.2) is 5.48 Å². The predicted molar refractivity (Wildman–Crippen MR) is 56.0 cm³/mol. The first-order valence-electron chi connectivity index (χ1n) is 5.38. The lowest BCUT2D eigenvalue weighted by molar-refractivity contribution is -0.149. The number of nitrogens with one attached hydrogen (secondary N) is 1. The summed E-state index contributed by atoms with van der Waals surface area (Å²) in [6.07, 6.45) is 1.72. The maximum absolute atomic E-state index is 11.9. The zero-order valence-corrected chi connectivity index (χ0v) is 9.55. The maximum Gasteiger partial charge on any atom is 0.307 e. The summed E-state index contributed by atoms with van der Waals surface area (Å²) in [6.45, 7) is -0.280. The summed E-state index contributed by atoms with van der Waals surface area (Å²) in [5, 5.41) is 17.3. The van der Waals surface area contributed by atoms with Crippen LogP contribution in [0.1, 0.15) is 19.3 Å². The molecule has 1 aliphatic carbocycles. The first-order valence-corrected chi connectivity index (χ1v) is 5.38. The van der Waals surface area contributed by atoms with Crippen molar-refractivity contribution in [3.63, 3.8) is 0 Å². The van der Waals surface area contributed by atoms with Gasteiger partial charge in [-0.1, -0.05) is 6.42 Å². The van der Waals surface area contributed by atoms with Crippen molar-refractivity contribution < 1.29 is 24.7 Å². The summed E-state index contributed by atoms with van der Waals surface area (Å²) < 4.78 is 0. The van der Waals surface area contributed by atoms with Crippen molar-refractivity contribution in [2.45, 2.75) is 19.3 Å². The summed E-state index contributed by atoms with van der Waals surface area (Å²) in [6, 6.07) is 0. The lowest BCUT2D eigenvalue weighted by Gasteiger charge is -2.22. The molecule has 1 saturated carbocycles. The summed E-state index contributed by atoms with van der Waals surface area (Å²) in [5.41, 5.74) is 1.43. The Bertz CT molecular complexity index is 331. The minimum Gasteiger partial charge on any atom is -0.481 e. The molecule has 0 radical (unpaired) electrons. The molecule has 1 aliphatic rings. The fourth-order valence-electron chi connectivity index (χ4n) is 2.16. The van der Waals surface area contributed by atoms with Crippen LogP contribution in [0.2, 0.25) is 0 Å². The first-order chi connectivity index (χ1) is 7.97. The Morgan fingerprint density at radius 2 is 1.88 bits per heavy atom. The van der Waals surface area contributed by atoms with E-state index in [1.54, 1.807) is 0 Å². The second-order valence-electron chi connectivity index (χ2n) is 4.21. The highest BCUT2D eigenvalue weighted by atomic mass is 16.5. The molecule has 3 N–H and O–H groups in total. The number of hydrogen-bond acceptors (Lipinski definition) is 4. The fourth-order valence-corrected chi connectivity index (χ4v) is 2.16. The second-order valence-corrected chi connectivity index (χ2v) is 4.21. The highest BCUT2D eigenvalue weighted by molar-refractivity contribution is 5.88. The van der Waals surface area contributed by atoms with Crippen molar-refractivity contribution in [1.29, 1.82) is 0 Å². The van der Waals surface area contributed by atoms with E-state index in [1.807, 2.05) is 0 Å². The van der Waals surface area contributed by atoms with Gasteiger partial charge in [0.05, 0.1) is 11.8 Å². The molecule has 7 nitrogen and oxygen atoms in total. The fraction of sp³-hybridized carbons (Fsp3) is 0.700. The Hall–Kier alpha value is -1.63. The molecule has 0 unspecified atom stereocenters. The van der Waals surface area contributed by atoms with Gasteiger partial charge in [0.15, 0.2) is 0 Å². The van der Waals surface area contributed by atoms with Crippen LogP contribution in [-0.2, 0) is 14.4 Å². The van der Waals surface area contributed by atoms with Gasteiger partial charge >= 0.3 is 5.97 Å². The molecule has 0 aromatic heterocycles. The first kappa shape index (κ1) is 13.4. The standard InChI is InChI=1S/C10H16N2O5/c1-12(5-8(13)11-17)9(14)6-3-2-4-7(6)10(15)16/h6-7,17H,2-5H2,1H3,(H,11,13)(H,15,16)/t6-,7-/m1/s1. The third kappa shape index (κ3) is 3.16. The second kappa shape index (κ2) is 5.62. The van der Waals surface area contributed by atoms with Crippen molar-refractivity contribution in [2.75, 3.05) is 13.6 Å². The molecule has 0 bridgehead atoms. The third-order valence-corrected chi connectivity index (χ3v) is 3.03. The monoisotopic (exact) mass is 244 g/mol.